The molecule has 17 heteroatoms. The van der Waals surface area contributed by atoms with Gasteiger partial charge in [-0.15, -0.1) is 23.1 Å². The van der Waals surface area contributed by atoms with E-state index in [-0.39, 0.29) is 40.5 Å². The van der Waals surface area contributed by atoms with Crippen LogP contribution in [0.15, 0.2) is 21.8 Å². The minimum absolute atomic E-state index is 0.0401. The molecule has 1 unspecified atom stereocenters. The van der Waals surface area contributed by atoms with E-state index < -0.39 is 53.0 Å². The van der Waals surface area contributed by atoms with Crippen LogP contribution in [-0.4, -0.2) is 85.1 Å². The number of oxime groups is 1. The number of nitrogens with one attached hydrogen (secondary N) is 2. The highest BCUT2D eigenvalue weighted by Gasteiger charge is 2.54. The van der Waals surface area contributed by atoms with Crippen LogP contribution in [0.25, 0.3) is 0 Å². The van der Waals surface area contributed by atoms with E-state index in [1.165, 1.54) is 19.2 Å². The average molecular weight is 543 g/mol. The van der Waals surface area contributed by atoms with Crippen molar-refractivity contribution in [2.75, 3.05) is 18.2 Å². The summed E-state index contributed by atoms with van der Waals surface area (Å²) in [6, 6.07) is -1.14. The zero-order chi connectivity index (χ0) is 26.7. The second-order valence-electron chi connectivity index (χ2n) is 7.48. The number of β-lactam (4-membered cyclic amide) rings is 1. The number of amides is 2. The first kappa shape index (κ1) is 26.7. The van der Waals surface area contributed by atoms with Crippen LogP contribution < -0.4 is 16.0 Å². The number of carbonyl (C=O) groups excluding carboxylic acids is 3. The van der Waals surface area contributed by atoms with Crippen molar-refractivity contribution in [2.24, 2.45) is 5.16 Å². The van der Waals surface area contributed by atoms with Gasteiger partial charge in [-0.3, -0.25) is 24.7 Å². The van der Waals surface area contributed by atoms with Crippen molar-refractivity contribution < 1.29 is 43.8 Å². The number of carbonyl (C=O) groups is 5. The number of carboxylic acids is 2. The van der Waals surface area contributed by atoms with Crippen LogP contribution in [0.1, 0.15) is 26.0 Å². The van der Waals surface area contributed by atoms with E-state index in [0.717, 1.165) is 32.7 Å². The molecule has 1 aromatic heterocycles. The molecule has 0 radical (unpaired) electrons. The summed E-state index contributed by atoms with van der Waals surface area (Å²) in [6.07, 6.45) is -1.32. The van der Waals surface area contributed by atoms with Gasteiger partial charge in [0.2, 0.25) is 10.9 Å². The van der Waals surface area contributed by atoms with E-state index in [1.807, 2.05) is 0 Å². The Balaban J connectivity index is 1.85. The molecule has 3 heterocycles. The largest absolute Gasteiger partial charge is 0.478 e. The minimum Gasteiger partial charge on any atom is -0.478 e. The predicted octanol–water partition coefficient (Wildman–Crippen LogP) is -1.37. The van der Waals surface area contributed by atoms with Crippen molar-refractivity contribution >= 4 is 58.5 Å². The van der Waals surface area contributed by atoms with Crippen molar-refractivity contribution in [1.82, 2.24) is 14.9 Å². The van der Waals surface area contributed by atoms with Crippen molar-refractivity contribution in [3.05, 3.63) is 27.1 Å². The van der Waals surface area contributed by atoms with Gasteiger partial charge in [0, 0.05) is 23.6 Å². The van der Waals surface area contributed by atoms with E-state index in [1.54, 1.807) is 0 Å². The number of thioether (sulfide) groups is 1. The number of thiazole rings is 1. The normalized spacial score (nSPS) is 20.2. The van der Waals surface area contributed by atoms with Gasteiger partial charge in [-0.25, -0.2) is 14.3 Å². The Bertz CT molecular complexity index is 1240. The Morgan fingerprint density at radius 1 is 1.36 bits per heavy atom. The van der Waals surface area contributed by atoms with Gasteiger partial charge in [0.1, 0.15) is 29.4 Å². The highest BCUT2D eigenvalue weighted by molar-refractivity contribution is 8.00. The Morgan fingerprint density at radius 2 is 2.06 bits per heavy atom. The first-order chi connectivity index (χ1) is 17.0. The molecule has 6 N–H and O–H groups in total. The highest BCUT2D eigenvalue weighted by Crippen LogP contribution is 2.40. The average Bonchev–Trinajstić information content (AvgIpc) is 3.15. The van der Waals surface area contributed by atoms with Gasteiger partial charge in [0.15, 0.2) is 5.71 Å². The molecule has 2 aliphatic rings. The third-order valence-electron chi connectivity index (χ3n) is 5.12. The minimum atomic E-state index is -1.39. The third kappa shape index (κ3) is 5.20. The standard InChI is InChI=1S/C19H22N6O9S2/c1-3-10(17(29)30)34-23-11(9-6-36-19(20)25(9)21)14(27)22-12-15(28)24-13(18(31)32)8(4-33-7(2)26)5-35-16(12)24/h6,10,12,16,20H,3-5,21H2,1-2H3,(H,22,27)(H,29,30)(H,31,32)/t10?,12-,16+/m1/s1. The molecule has 194 valence electrons. The topological polar surface area (TPSA) is 227 Å². The summed E-state index contributed by atoms with van der Waals surface area (Å²) in [5, 5.41) is 33.3. The molecule has 0 bridgehead atoms. The molecule has 3 rings (SSSR count). The molecule has 0 spiro atoms. The maximum Gasteiger partial charge on any atom is 0.352 e. The van der Waals surface area contributed by atoms with E-state index in [0.29, 0.717) is 0 Å². The van der Waals surface area contributed by atoms with Gasteiger partial charge in [-0.05, 0) is 6.42 Å². The summed E-state index contributed by atoms with van der Waals surface area (Å²) >= 11 is 2.04. The summed E-state index contributed by atoms with van der Waals surface area (Å²) in [4.78, 5) is 66.0. The Labute approximate surface area is 211 Å². The summed E-state index contributed by atoms with van der Waals surface area (Å²) in [5.41, 5.74) is -0.616. The summed E-state index contributed by atoms with van der Waals surface area (Å²) in [5.74, 6) is 0.945. The molecule has 2 aliphatic heterocycles. The fourth-order valence-corrected chi connectivity index (χ4v) is 5.30. The van der Waals surface area contributed by atoms with Gasteiger partial charge >= 0.3 is 17.9 Å². The zero-order valence-electron chi connectivity index (χ0n) is 18.9. The van der Waals surface area contributed by atoms with Crippen molar-refractivity contribution in [3.63, 3.8) is 0 Å². The molecular formula is C19H22N6O9S2. The third-order valence-corrected chi connectivity index (χ3v) is 7.22. The molecule has 36 heavy (non-hydrogen) atoms. The number of nitrogens with zero attached hydrogens (tertiary/aromatic N) is 3. The fraction of sp³-hybridized carbons (Fsp3) is 0.421. The Kier molecular flexibility index (Phi) is 8.03. The van der Waals surface area contributed by atoms with E-state index in [2.05, 4.69) is 10.5 Å². The molecule has 3 atom stereocenters. The van der Waals surface area contributed by atoms with Crippen LogP contribution in [0.2, 0.25) is 0 Å². The Morgan fingerprint density at radius 3 is 2.58 bits per heavy atom. The summed E-state index contributed by atoms with van der Waals surface area (Å²) in [6.45, 7) is 2.41. The van der Waals surface area contributed by atoms with Crippen LogP contribution in [0, 0.1) is 5.41 Å². The van der Waals surface area contributed by atoms with Crippen molar-refractivity contribution in [2.45, 2.75) is 37.8 Å². The van der Waals surface area contributed by atoms with Crippen molar-refractivity contribution in [1.29, 1.82) is 5.41 Å². The van der Waals surface area contributed by atoms with Gasteiger partial charge in [0.05, 0.1) is 0 Å². The second-order valence-corrected chi connectivity index (χ2v) is 9.44. The number of esters is 1. The molecule has 1 aromatic rings. The van der Waals surface area contributed by atoms with Crippen LogP contribution in [0.3, 0.4) is 0 Å². The lowest BCUT2D eigenvalue weighted by molar-refractivity contribution is -0.151. The van der Waals surface area contributed by atoms with Gasteiger partial charge in [-0.1, -0.05) is 12.1 Å². The quantitative estimate of drug-likeness (QED) is 0.0761. The summed E-state index contributed by atoms with van der Waals surface area (Å²) in [7, 11) is 0. The summed E-state index contributed by atoms with van der Waals surface area (Å²) < 4.78 is 5.72. The number of aromatic nitrogens is 1. The molecule has 0 aliphatic carbocycles. The monoisotopic (exact) mass is 542 g/mol. The molecular weight excluding hydrogens is 520 g/mol. The zero-order valence-corrected chi connectivity index (χ0v) is 20.6. The molecule has 15 nitrogen and oxygen atoms in total. The van der Waals surface area contributed by atoms with Crippen LogP contribution in [0.5, 0.6) is 0 Å². The van der Waals surface area contributed by atoms with Crippen LogP contribution in [0.4, 0.5) is 0 Å². The fourth-order valence-electron chi connectivity index (χ4n) is 3.31. The number of carboxylic acid groups (broad SMARTS) is 2. The number of nitrogen functional groups attached to an aromatic ring is 1. The number of nitrogens with two attached hydrogens (primary N) is 1. The first-order valence-electron chi connectivity index (χ1n) is 10.3. The molecule has 0 saturated carbocycles. The number of hydrogen-bond acceptors (Lipinski definition) is 12. The van der Waals surface area contributed by atoms with Gasteiger partial charge < -0.3 is 30.9 Å². The van der Waals surface area contributed by atoms with E-state index >= 15 is 0 Å². The lowest BCUT2D eigenvalue weighted by Crippen LogP contribution is -2.71. The van der Waals surface area contributed by atoms with E-state index in [9.17, 15) is 34.2 Å². The molecule has 1 saturated heterocycles. The molecule has 2 amide bonds. The lowest BCUT2D eigenvalue weighted by Gasteiger charge is -2.49. The number of hydrogen-bond donors (Lipinski definition) is 5. The first-order valence-corrected chi connectivity index (χ1v) is 12.2. The van der Waals surface area contributed by atoms with Gasteiger partial charge in [-0.2, -0.15) is 0 Å². The lowest BCUT2D eigenvalue weighted by atomic mass is 10.0. The number of ether oxygens (including phenoxy) is 1. The Hall–Kier alpha value is -3.86. The predicted molar refractivity (Wildman–Crippen MR) is 124 cm³/mol. The van der Waals surface area contributed by atoms with E-state index in [4.69, 9.17) is 20.8 Å². The molecule has 0 aromatic carbocycles. The maximum atomic E-state index is 13.1. The number of rotatable bonds is 10. The smallest absolute Gasteiger partial charge is 0.352 e. The number of fused-ring (bicyclic) bond motifs is 1. The second kappa shape index (κ2) is 10.8. The van der Waals surface area contributed by atoms with Crippen molar-refractivity contribution in [3.8, 4) is 0 Å². The molecule has 1 fully saturated rings. The SMILES string of the molecule is CCC(ON=C(C(=O)N[C@@H]1C(=O)N2C(C(=O)O)=C(COC(C)=O)CS[C@@H]12)c1csc(=N)n1N)C(=O)O. The number of aliphatic carboxylic acids is 2. The van der Waals surface area contributed by atoms with Crippen LogP contribution in [-0.2, 0) is 33.5 Å². The van der Waals surface area contributed by atoms with Gasteiger partial charge in [0.25, 0.3) is 11.8 Å². The van der Waals surface area contributed by atoms with Crippen LogP contribution >= 0.6 is 23.1 Å². The highest BCUT2D eigenvalue weighted by atomic mass is 32.2. The maximum absolute atomic E-state index is 13.1.